The Morgan fingerprint density at radius 1 is 1.56 bits per heavy atom. The molecule has 0 saturated heterocycles. The van der Waals surface area contributed by atoms with Gasteiger partial charge >= 0.3 is 0 Å². The minimum Gasteiger partial charge on any atom is -0.390 e. The number of nitrogens with one attached hydrogen (secondary N) is 1. The molecule has 0 fully saturated rings. The second kappa shape index (κ2) is 5.72. The number of aliphatic hydroxyl groups excluding tert-OH is 1. The first-order valence-electron chi connectivity index (χ1n) is 4.75. The number of H-pyrrole nitrogens is 1. The van der Waals surface area contributed by atoms with Gasteiger partial charge in [0.25, 0.3) is 0 Å². The molecule has 0 aliphatic heterocycles. The summed E-state index contributed by atoms with van der Waals surface area (Å²) in [6.07, 6.45) is 3.33. The van der Waals surface area contributed by atoms with Crippen LogP contribution in [-0.4, -0.2) is 48.4 Å². The van der Waals surface area contributed by atoms with E-state index in [0.29, 0.717) is 12.2 Å². The highest BCUT2D eigenvalue weighted by Crippen LogP contribution is 2.15. The largest absolute Gasteiger partial charge is 0.390 e. The molecule has 1 aromatic rings. The number of aromatic nitrogens is 1. The molecule has 0 aliphatic rings. The summed E-state index contributed by atoms with van der Waals surface area (Å²) in [4.78, 5) is 2.91. The van der Waals surface area contributed by atoms with Crippen molar-refractivity contribution in [3.63, 3.8) is 0 Å². The van der Waals surface area contributed by atoms with E-state index in [2.05, 4.69) is 4.98 Å². The molecule has 0 spiro atoms. The lowest BCUT2D eigenvalue weighted by molar-refractivity contribution is 0.277. The quantitative estimate of drug-likeness (QED) is 0.784. The molecule has 1 rings (SSSR count). The fourth-order valence-electron chi connectivity index (χ4n) is 1.18. The van der Waals surface area contributed by atoms with Crippen LogP contribution < -0.4 is 0 Å². The lowest BCUT2D eigenvalue weighted by Crippen LogP contribution is -2.28. The summed E-state index contributed by atoms with van der Waals surface area (Å²) in [5.74, 6) is 0.757. The molecule has 0 atom stereocenters. The first kappa shape index (κ1) is 13.6. The zero-order valence-corrected chi connectivity index (χ0v) is 10.9. The molecule has 0 aliphatic carbocycles. The maximum Gasteiger partial charge on any atom is 0.244 e. The molecular formula is C9H16N2O3S2. The van der Waals surface area contributed by atoms with Gasteiger partial charge in [-0.2, -0.15) is 11.8 Å². The van der Waals surface area contributed by atoms with Crippen molar-refractivity contribution in [1.29, 1.82) is 0 Å². The molecular weight excluding hydrogens is 248 g/mol. The Labute approximate surface area is 99.9 Å². The average Bonchev–Trinajstić information content (AvgIpc) is 2.74. The Morgan fingerprint density at radius 3 is 2.75 bits per heavy atom. The third-order valence-electron chi connectivity index (χ3n) is 2.21. The highest BCUT2D eigenvalue weighted by atomic mass is 32.2. The molecule has 0 amide bonds. The number of thioether (sulfide) groups is 1. The van der Waals surface area contributed by atoms with E-state index in [4.69, 9.17) is 5.11 Å². The maximum absolute atomic E-state index is 12.0. The van der Waals surface area contributed by atoms with Crippen molar-refractivity contribution < 1.29 is 13.5 Å². The van der Waals surface area contributed by atoms with E-state index in [0.717, 1.165) is 5.75 Å². The topological polar surface area (TPSA) is 73.4 Å². The van der Waals surface area contributed by atoms with Crippen molar-refractivity contribution >= 4 is 21.8 Å². The normalized spacial score (nSPS) is 12.2. The van der Waals surface area contributed by atoms with Crippen LogP contribution in [0.1, 0.15) is 5.69 Å². The summed E-state index contributed by atoms with van der Waals surface area (Å²) in [6.45, 7) is 0.285. The van der Waals surface area contributed by atoms with Crippen LogP contribution in [0.15, 0.2) is 17.2 Å². The van der Waals surface area contributed by atoms with Gasteiger partial charge in [0.1, 0.15) is 0 Å². The molecule has 7 heteroatoms. The maximum atomic E-state index is 12.0. The standard InChI is InChI=1S/C9H16N2O3S2/c1-11(3-4-15-2)16(13,14)9-5-8(7-12)10-6-9/h5-6,10,12H,3-4,7H2,1-2H3. The highest BCUT2D eigenvalue weighted by molar-refractivity contribution is 7.98. The molecule has 1 aromatic heterocycles. The minimum atomic E-state index is -3.42. The van der Waals surface area contributed by atoms with E-state index in [1.165, 1.54) is 16.6 Å². The SMILES string of the molecule is CSCCN(C)S(=O)(=O)c1c[nH]c(CO)c1. The lowest BCUT2D eigenvalue weighted by Gasteiger charge is -2.15. The molecule has 16 heavy (non-hydrogen) atoms. The van der Waals surface area contributed by atoms with Crippen molar-refractivity contribution in [1.82, 2.24) is 9.29 Å². The Balaban J connectivity index is 2.84. The fourth-order valence-corrected chi connectivity index (χ4v) is 2.94. The second-order valence-corrected chi connectivity index (χ2v) is 6.37. The summed E-state index contributed by atoms with van der Waals surface area (Å²) in [5, 5.41) is 8.85. The summed E-state index contributed by atoms with van der Waals surface area (Å²) in [5.41, 5.74) is 0.497. The zero-order valence-electron chi connectivity index (χ0n) is 9.30. The van der Waals surface area contributed by atoms with Crippen molar-refractivity contribution in [3.8, 4) is 0 Å². The molecule has 5 nitrogen and oxygen atoms in total. The van der Waals surface area contributed by atoms with E-state index in [9.17, 15) is 8.42 Å². The van der Waals surface area contributed by atoms with Crippen molar-refractivity contribution in [3.05, 3.63) is 18.0 Å². The molecule has 0 radical (unpaired) electrons. The van der Waals surface area contributed by atoms with Gasteiger partial charge in [-0.05, 0) is 12.3 Å². The minimum absolute atomic E-state index is 0.190. The van der Waals surface area contributed by atoms with Crippen LogP contribution in [0.25, 0.3) is 0 Å². The third kappa shape index (κ3) is 3.00. The first-order valence-corrected chi connectivity index (χ1v) is 7.59. The van der Waals surface area contributed by atoms with Gasteiger partial charge in [0.05, 0.1) is 11.5 Å². The second-order valence-electron chi connectivity index (χ2n) is 3.34. The van der Waals surface area contributed by atoms with Gasteiger partial charge in [0, 0.05) is 31.2 Å². The number of hydrogen-bond acceptors (Lipinski definition) is 4. The monoisotopic (exact) mass is 264 g/mol. The molecule has 2 N–H and O–H groups in total. The van der Waals surface area contributed by atoms with Gasteiger partial charge in [0.2, 0.25) is 10.0 Å². The molecule has 1 heterocycles. The summed E-state index contributed by atoms with van der Waals surface area (Å²) in [7, 11) is -1.87. The summed E-state index contributed by atoms with van der Waals surface area (Å²) >= 11 is 1.60. The van der Waals surface area contributed by atoms with Gasteiger partial charge in [-0.15, -0.1) is 0 Å². The van der Waals surface area contributed by atoms with Crippen molar-refractivity contribution in [2.75, 3.05) is 25.6 Å². The Morgan fingerprint density at radius 2 is 2.25 bits per heavy atom. The Hall–Kier alpha value is -0.500. The van der Waals surface area contributed by atoms with Crippen LogP contribution in [0, 0.1) is 0 Å². The number of sulfonamides is 1. The Kier molecular flexibility index (Phi) is 4.85. The van der Waals surface area contributed by atoms with Crippen LogP contribution in [0.4, 0.5) is 0 Å². The van der Waals surface area contributed by atoms with Gasteiger partial charge < -0.3 is 10.1 Å². The lowest BCUT2D eigenvalue weighted by atomic mass is 10.5. The number of aliphatic hydroxyl groups is 1. The average molecular weight is 264 g/mol. The molecule has 0 aromatic carbocycles. The third-order valence-corrected chi connectivity index (χ3v) is 4.63. The molecule has 0 unspecified atom stereocenters. The molecule has 92 valence electrons. The summed E-state index contributed by atoms with van der Waals surface area (Å²) < 4.78 is 25.3. The van der Waals surface area contributed by atoms with E-state index >= 15 is 0 Å². The molecule has 0 bridgehead atoms. The predicted octanol–water partition coefficient (Wildman–Crippen LogP) is 0.490. The van der Waals surface area contributed by atoms with Crippen molar-refractivity contribution in [2.24, 2.45) is 0 Å². The Bertz CT molecular complexity index is 428. The van der Waals surface area contributed by atoms with Gasteiger partial charge in [-0.3, -0.25) is 0 Å². The van der Waals surface area contributed by atoms with Crippen LogP contribution >= 0.6 is 11.8 Å². The van der Waals surface area contributed by atoms with Gasteiger partial charge in [-0.1, -0.05) is 0 Å². The fraction of sp³-hybridized carbons (Fsp3) is 0.556. The number of rotatable bonds is 6. The van der Waals surface area contributed by atoms with E-state index in [1.54, 1.807) is 18.8 Å². The van der Waals surface area contributed by atoms with E-state index < -0.39 is 10.0 Å². The first-order chi connectivity index (χ1) is 7.52. The van der Waals surface area contributed by atoms with E-state index in [1.807, 2.05) is 6.26 Å². The van der Waals surface area contributed by atoms with Crippen LogP contribution in [0.5, 0.6) is 0 Å². The van der Waals surface area contributed by atoms with Crippen LogP contribution in [0.3, 0.4) is 0 Å². The number of hydrogen-bond donors (Lipinski definition) is 2. The predicted molar refractivity (Wildman–Crippen MR) is 64.9 cm³/mol. The van der Waals surface area contributed by atoms with Gasteiger partial charge in [-0.25, -0.2) is 12.7 Å². The summed E-state index contributed by atoms with van der Waals surface area (Å²) in [6, 6.07) is 1.45. The van der Waals surface area contributed by atoms with Crippen molar-refractivity contribution in [2.45, 2.75) is 11.5 Å². The number of nitrogens with zero attached hydrogens (tertiary/aromatic N) is 1. The van der Waals surface area contributed by atoms with Gasteiger partial charge in [0.15, 0.2) is 0 Å². The number of aromatic amines is 1. The van der Waals surface area contributed by atoms with E-state index in [-0.39, 0.29) is 11.5 Å². The molecule has 0 saturated carbocycles. The zero-order chi connectivity index (χ0) is 12.2. The highest BCUT2D eigenvalue weighted by Gasteiger charge is 2.21. The van der Waals surface area contributed by atoms with Crippen LogP contribution in [0.2, 0.25) is 0 Å². The smallest absolute Gasteiger partial charge is 0.244 e. The van der Waals surface area contributed by atoms with Crippen LogP contribution in [-0.2, 0) is 16.6 Å².